The molecule has 1 heterocycles. The molecule has 5 heteroatoms. The first-order valence-corrected chi connectivity index (χ1v) is 6.21. The van der Waals surface area contributed by atoms with E-state index in [1.165, 1.54) is 0 Å². The first-order chi connectivity index (χ1) is 8.81. The molecule has 0 amide bonds. The normalized spacial score (nSPS) is 12.9. The quantitative estimate of drug-likeness (QED) is 0.723. The van der Waals surface area contributed by atoms with Crippen LogP contribution in [0.2, 0.25) is 0 Å². The van der Waals surface area contributed by atoms with Crippen molar-refractivity contribution in [3.8, 4) is 17.2 Å². The summed E-state index contributed by atoms with van der Waals surface area (Å²) in [6.07, 6.45) is 0.957. The number of aromatic hydroxyl groups is 1. The predicted molar refractivity (Wildman–Crippen MR) is 67.0 cm³/mol. The van der Waals surface area contributed by atoms with Crippen LogP contribution in [0.1, 0.15) is 18.9 Å². The Kier molecular flexibility index (Phi) is 4.66. The number of phenols is 1. The number of fused-ring (bicyclic) bond motifs is 1. The minimum Gasteiger partial charge on any atom is -0.507 e. The third kappa shape index (κ3) is 3.27. The Morgan fingerprint density at radius 2 is 2.11 bits per heavy atom. The van der Waals surface area contributed by atoms with E-state index in [-0.39, 0.29) is 12.5 Å². The van der Waals surface area contributed by atoms with E-state index < -0.39 is 0 Å². The van der Waals surface area contributed by atoms with E-state index in [9.17, 15) is 5.11 Å². The van der Waals surface area contributed by atoms with Crippen molar-refractivity contribution >= 4 is 0 Å². The van der Waals surface area contributed by atoms with Crippen LogP contribution in [0, 0.1) is 0 Å². The van der Waals surface area contributed by atoms with Gasteiger partial charge >= 0.3 is 0 Å². The van der Waals surface area contributed by atoms with E-state index in [2.05, 4.69) is 5.32 Å². The number of phenolic OH excluding ortho intramolecular Hbond substituents is 1. The van der Waals surface area contributed by atoms with E-state index in [1.54, 1.807) is 6.07 Å². The Labute approximate surface area is 107 Å². The molecule has 0 aromatic heterocycles. The maximum Gasteiger partial charge on any atom is 0.231 e. The van der Waals surface area contributed by atoms with E-state index >= 15 is 0 Å². The SMILES string of the molecule is CCOCCCNCc1cc2c(cc1O)OCO2. The second-order valence-electron chi connectivity index (χ2n) is 4.06. The highest BCUT2D eigenvalue weighted by Crippen LogP contribution is 2.37. The van der Waals surface area contributed by atoms with Crippen LogP contribution in [0.4, 0.5) is 0 Å². The van der Waals surface area contributed by atoms with Crippen molar-refractivity contribution in [2.45, 2.75) is 19.9 Å². The summed E-state index contributed by atoms with van der Waals surface area (Å²) in [5.74, 6) is 1.53. The summed E-state index contributed by atoms with van der Waals surface area (Å²) < 4.78 is 15.7. The van der Waals surface area contributed by atoms with Crippen LogP contribution in [0.25, 0.3) is 0 Å². The van der Waals surface area contributed by atoms with E-state index in [0.29, 0.717) is 18.0 Å². The zero-order valence-electron chi connectivity index (χ0n) is 10.6. The second kappa shape index (κ2) is 6.47. The molecule has 0 spiro atoms. The van der Waals surface area contributed by atoms with Gasteiger partial charge in [0.15, 0.2) is 11.5 Å². The first kappa shape index (κ1) is 13.0. The van der Waals surface area contributed by atoms with Gasteiger partial charge in [0.05, 0.1) is 0 Å². The number of rotatable bonds is 7. The van der Waals surface area contributed by atoms with Gasteiger partial charge in [0.25, 0.3) is 0 Å². The van der Waals surface area contributed by atoms with E-state index in [0.717, 1.165) is 31.7 Å². The zero-order chi connectivity index (χ0) is 12.8. The Morgan fingerprint density at radius 3 is 2.89 bits per heavy atom. The maximum absolute atomic E-state index is 9.82. The monoisotopic (exact) mass is 253 g/mol. The summed E-state index contributed by atoms with van der Waals surface area (Å²) in [6, 6.07) is 3.41. The molecule has 2 rings (SSSR count). The van der Waals surface area contributed by atoms with Crippen molar-refractivity contribution in [1.82, 2.24) is 5.32 Å². The van der Waals surface area contributed by atoms with Gasteiger partial charge in [-0.2, -0.15) is 0 Å². The number of benzene rings is 1. The smallest absolute Gasteiger partial charge is 0.231 e. The van der Waals surface area contributed by atoms with Crippen LogP contribution >= 0.6 is 0 Å². The molecule has 5 nitrogen and oxygen atoms in total. The minimum atomic E-state index is 0.222. The Balaban J connectivity index is 1.79. The van der Waals surface area contributed by atoms with Gasteiger partial charge in [-0.15, -0.1) is 0 Å². The maximum atomic E-state index is 9.82. The zero-order valence-corrected chi connectivity index (χ0v) is 10.6. The molecule has 0 radical (unpaired) electrons. The lowest BCUT2D eigenvalue weighted by Gasteiger charge is -2.08. The summed E-state index contributed by atoms with van der Waals surface area (Å²) in [5, 5.41) is 13.1. The molecule has 1 aliphatic heterocycles. The molecule has 0 atom stereocenters. The second-order valence-corrected chi connectivity index (χ2v) is 4.06. The van der Waals surface area contributed by atoms with E-state index in [4.69, 9.17) is 14.2 Å². The van der Waals surface area contributed by atoms with Crippen molar-refractivity contribution in [2.24, 2.45) is 0 Å². The summed E-state index contributed by atoms with van der Waals surface area (Å²) in [6.45, 7) is 5.18. The van der Waals surface area contributed by atoms with Gasteiger partial charge in [-0.3, -0.25) is 0 Å². The standard InChI is InChI=1S/C13H19NO4/c1-2-16-5-3-4-14-8-10-6-12-13(7-11(10)15)18-9-17-12/h6-7,14-15H,2-5,8-9H2,1H3. The first-order valence-electron chi connectivity index (χ1n) is 6.21. The highest BCUT2D eigenvalue weighted by atomic mass is 16.7. The van der Waals surface area contributed by atoms with Crippen molar-refractivity contribution < 1.29 is 19.3 Å². The fourth-order valence-electron chi connectivity index (χ4n) is 1.78. The van der Waals surface area contributed by atoms with Crippen LogP contribution < -0.4 is 14.8 Å². The lowest BCUT2D eigenvalue weighted by Crippen LogP contribution is -2.16. The summed E-state index contributed by atoms with van der Waals surface area (Å²) >= 11 is 0. The molecular formula is C13H19NO4. The van der Waals surface area contributed by atoms with Crippen LogP contribution in [0.3, 0.4) is 0 Å². The van der Waals surface area contributed by atoms with Crippen LogP contribution in [-0.4, -0.2) is 31.7 Å². The summed E-state index contributed by atoms with van der Waals surface area (Å²) in [7, 11) is 0. The van der Waals surface area contributed by atoms with Gasteiger partial charge in [-0.1, -0.05) is 0 Å². The molecule has 2 N–H and O–H groups in total. The highest BCUT2D eigenvalue weighted by molar-refractivity contribution is 5.51. The molecule has 18 heavy (non-hydrogen) atoms. The third-order valence-electron chi connectivity index (χ3n) is 2.74. The molecule has 1 aromatic rings. The lowest BCUT2D eigenvalue weighted by atomic mass is 10.1. The Hall–Kier alpha value is -1.46. The molecule has 0 fully saturated rings. The molecule has 0 bridgehead atoms. The third-order valence-corrected chi connectivity index (χ3v) is 2.74. The Bertz CT molecular complexity index is 395. The van der Waals surface area contributed by atoms with Gasteiger partial charge in [-0.05, 0) is 26.0 Å². The predicted octanol–water partition coefficient (Wildman–Crippen LogP) is 1.64. The molecule has 1 aliphatic rings. The molecule has 0 saturated carbocycles. The van der Waals surface area contributed by atoms with Crippen LogP contribution in [-0.2, 0) is 11.3 Å². The largest absolute Gasteiger partial charge is 0.507 e. The molecule has 0 saturated heterocycles. The van der Waals surface area contributed by atoms with Crippen molar-refractivity contribution in [3.63, 3.8) is 0 Å². The van der Waals surface area contributed by atoms with Gasteiger partial charge in [0.2, 0.25) is 6.79 Å². The van der Waals surface area contributed by atoms with Crippen LogP contribution in [0.5, 0.6) is 17.2 Å². The summed E-state index contributed by atoms with van der Waals surface area (Å²) in [4.78, 5) is 0. The highest BCUT2D eigenvalue weighted by Gasteiger charge is 2.16. The molecule has 0 aliphatic carbocycles. The minimum absolute atomic E-state index is 0.222. The number of hydrogen-bond donors (Lipinski definition) is 2. The molecule has 0 unspecified atom stereocenters. The molecule has 100 valence electrons. The lowest BCUT2D eigenvalue weighted by molar-refractivity contribution is 0.144. The van der Waals surface area contributed by atoms with Crippen molar-refractivity contribution in [3.05, 3.63) is 17.7 Å². The molecular weight excluding hydrogens is 234 g/mol. The van der Waals surface area contributed by atoms with Crippen molar-refractivity contribution in [1.29, 1.82) is 0 Å². The number of hydrogen-bond acceptors (Lipinski definition) is 5. The summed E-state index contributed by atoms with van der Waals surface area (Å²) in [5.41, 5.74) is 0.815. The average molecular weight is 253 g/mol. The van der Waals surface area contributed by atoms with E-state index in [1.807, 2.05) is 13.0 Å². The molecule has 1 aromatic carbocycles. The number of ether oxygens (including phenoxy) is 3. The van der Waals surface area contributed by atoms with Gasteiger partial charge in [0.1, 0.15) is 5.75 Å². The average Bonchev–Trinajstić information content (AvgIpc) is 2.80. The Morgan fingerprint density at radius 1 is 1.33 bits per heavy atom. The fraction of sp³-hybridized carbons (Fsp3) is 0.538. The van der Waals surface area contributed by atoms with Crippen LogP contribution in [0.15, 0.2) is 12.1 Å². The number of nitrogens with one attached hydrogen (secondary N) is 1. The fourth-order valence-corrected chi connectivity index (χ4v) is 1.78. The van der Waals surface area contributed by atoms with Crippen molar-refractivity contribution in [2.75, 3.05) is 26.6 Å². The van der Waals surface area contributed by atoms with Gasteiger partial charge < -0.3 is 24.6 Å². The van der Waals surface area contributed by atoms with Gasteiger partial charge in [-0.25, -0.2) is 0 Å². The van der Waals surface area contributed by atoms with Gasteiger partial charge in [0, 0.05) is 31.4 Å². The topological polar surface area (TPSA) is 60.0 Å².